The minimum Gasteiger partial charge on any atom is -0.336 e. The highest BCUT2D eigenvalue weighted by Gasteiger charge is 2.30. The molecule has 8 nitrogen and oxygen atoms in total. The van der Waals surface area contributed by atoms with Gasteiger partial charge in [0, 0.05) is 51.2 Å². The van der Waals surface area contributed by atoms with Crippen LogP contribution in [0.25, 0.3) is 0 Å². The van der Waals surface area contributed by atoms with Crippen molar-refractivity contribution in [1.29, 1.82) is 0 Å². The number of H-pyrrole nitrogens is 1. The zero-order chi connectivity index (χ0) is 21.2. The number of amides is 1. The molecule has 9 heteroatoms. The van der Waals surface area contributed by atoms with Crippen molar-refractivity contribution < 1.29 is 9.18 Å². The van der Waals surface area contributed by atoms with Crippen molar-refractivity contribution in [2.45, 2.75) is 25.3 Å². The van der Waals surface area contributed by atoms with E-state index in [4.69, 9.17) is 0 Å². The summed E-state index contributed by atoms with van der Waals surface area (Å²) < 4.78 is 14.8. The Morgan fingerprint density at radius 2 is 1.97 bits per heavy atom. The molecule has 0 atom stereocenters. The number of aromatic nitrogens is 4. The Hall–Kier alpha value is -3.33. The molecule has 5 rings (SSSR count). The number of rotatable bonds is 6. The normalized spacial score (nSPS) is 17.0. The summed E-state index contributed by atoms with van der Waals surface area (Å²) in [7, 11) is 0. The summed E-state index contributed by atoms with van der Waals surface area (Å²) in [4.78, 5) is 25.7. The first kappa shape index (κ1) is 19.6. The molecule has 1 aromatic carbocycles. The second-order valence-corrected chi connectivity index (χ2v) is 8.03. The molecule has 0 bridgehead atoms. The number of aromatic amines is 1. The molecule has 3 aromatic rings. The van der Waals surface area contributed by atoms with E-state index in [1.165, 1.54) is 0 Å². The quantitative estimate of drug-likeness (QED) is 0.636. The summed E-state index contributed by atoms with van der Waals surface area (Å²) in [6.45, 7) is 3.16. The lowest BCUT2D eigenvalue weighted by Gasteiger charge is -2.34. The molecule has 1 saturated carbocycles. The van der Waals surface area contributed by atoms with E-state index in [0.29, 0.717) is 49.9 Å². The molecule has 0 spiro atoms. The summed E-state index contributed by atoms with van der Waals surface area (Å²) >= 11 is 0. The van der Waals surface area contributed by atoms with Crippen molar-refractivity contribution in [3.05, 3.63) is 65.5 Å². The maximum absolute atomic E-state index is 14.8. The smallest absolute Gasteiger partial charge is 0.256 e. The van der Waals surface area contributed by atoms with Gasteiger partial charge < -0.3 is 10.2 Å². The number of nitrogens with one attached hydrogen (secondary N) is 2. The van der Waals surface area contributed by atoms with Gasteiger partial charge in [0.05, 0.1) is 17.5 Å². The standard InChI is InChI=1S/C22H24FN7O/c23-21-17(15-4-5-15)2-1-3-18(21)22(31)30-10-8-29(9-11-30)14-16-12-24-13-20(26-16)27-19-6-7-25-28-19/h1-3,6-7,12-13,15H,4-5,8-11,14H2,(H2,25,26,27,28). The monoisotopic (exact) mass is 421 g/mol. The van der Waals surface area contributed by atoms with Gasteiger partial charge in [0.1, 0.15) is 11.6 Å². The van der Waals surface area contributed by atoms with Gasteiger partial charge in [0.2, 0.25) is 0 Å². The molecule has 0 radical (unpaired) electrons. The first-order valence-corrected chi connectivity index (χ1v) is 10.5. The average Bonchev–Trinajstić information content (AvgIpc) is 3.50. The molecule has 0 unspecified atom stereocenters. The van der Waals surface area contributed by atoms with Gasteiger partial charge in [-0.25, -0.2) is 9.37 Å². The molecule has 2 fully saturated rings. The van der Waals surface area contributed by atoms with Crippen LogP contribution in [-0.4, -0.2) is 62.1 Å². The number of piperazine rings is 1. The van der Waals surface area contributed by atoms with Crippen LogP contribution in [0.2, 0.25) is 0 Å². The third-order valence-electron chi connectivity index (χ3n) is 5.76. The molecule has 31 heavy (non-hydrogen) atoms. The van der Waals surface area contributed by atoms with Crippen LogP contribution in [0.4, 0.5) is 16.0 Å². The van der Waals surface area contributed by atoms with E-state index in [1.807, 2.05) is 6.07 Å². The number of hydrogen-bond acceptors (Lipinski definition) is 6. The Bertz CT molecular complexity index is 1060. The Kier molecular flexibility index (Phi) is 5.33. The molecule has 3 heterocycles. The number of carbonyl (C=O) groups excluding carboxylic acids is 1. The summed E-state index contributed by atoms with van der Waals surface area (Å²) in [5.41, 5.74) is 1.72. The fourth-order valence-electron chi connectivity index (χ4n) is 3.94. The van der Waals surface area contributed by atoms with Gasteiger partial charge >= 0.3 is 0 Å². The molecule has 1 aliphatic heterocycles. The molecular formula is C22H24FN7O. The van der Waals surface area contributed by atoms with Crippen molar-refractivity contribution >= 4 is 17.5 Å². The van der Waals surface area contributed by atoms with Crippen LogP contribution in [-0.2, 0) is 6.54 Å². The zero-order valence-corrected chi connectivity index (χ0v) is 17.1. The maximum Gasteiger partial charge on any atom is 0.256 e. The third kappa shape index (κ3) is 4.41. The number of benzene rings is 1. The van der Waals surface area contributed by atoms with E-state index in [9.17, 15) is 9.18 Å². The first-order chi connectivity index (χ1) is 15.2. The molecule has 1 saturated heterocycles. The summed E-state index contributed by atoms with van der Waals surface area (Å²) in [5, 5.41) is 9.90. The molecule has 160 valence electrons. The van der Waals surface area contributed by atoms with E-state index in [2.05, 4.69) is 30.4 Å². The maximum atomic E-state index is 14.8. The van der Waals surface area contributed by atoms with E-state index in [1.54, 1.807) is 41.7 Å². The number of nitrogens with zero attached hydrogens (tertiary/aromatic N) is 5. The second-order valence-electron chi connectivity index (χ2n) is 8.03. The zero-order valence-electron chi connectivity index (χ0n) is 17.1. The van der Waals surface area contributed by atoms with Gasteiger partial charge in [-0.05, 0) is 30.4 Å². The number of hydrogen-bond donors (Lipinski definition) is 2. The summed E-state index contributed by atoms with van der Waals surface area (Å²) in [6.07, 6.45) is 7.14. The van der Waals surface area contributed by atoms with E-state index in [-0.39, 0.29) is 23.2 Å². The highest BCUT2D eigenvalue weighted by atomic mass is 19.1. The minimum atomic E-state index is -0.339. The van der Waals surface area contributed by atoms with E-state index in [0.717, 1.165) is 18.5 Å². The Morgan fingerprint density at radius 3 is 2.71 bits per heavy atom. The fourth-order valence-corrected chi connectivity index (χ4v) is 3.94. The van der Waals surface area contributed by atoms with Crippen molar-refractivity contribution in [1.82, 2.24) is 30.0 Å². The second kappa shape index (κ2) is 8.43. The Balaban J connectivity index is 1.18. The topological polar surface area (TPSA) is 90.0 Å². The molecular weight excluding hydrogens is 397 g/mol. The van der Waals surface area contributed by atoms with Crippen LogP contribution < -0.4 is 5.32 Å². The fraction of sp³-hybridized carbons (Fsp3) is 0.364. The van der Waals surface area contributed by atoms with Gasteiger partial charge in [-0.3, -0.25) is 19.8 Å². The minimum absolute atomic E-state index is 0.195. The van der Waals surface area contributed by atoms with Crippen molar-refractivity contribution in [2.24, 2.45) is 0 Å². The lowest BCUT2D eigenvalue weighted by atomic mass is 10.0. The van der Waals surface area contributed by atoms with Gasteiger partial charge in [-0.1, -0.05) is 12.1 Å². The molecule has 1 aliphatic carbocycles. The highest BCUT2D eigenvalue weighted by Crippen LogP contribution is 2.41. The van der Waals surface area contributed by atoms with Crippen molar-refractivity contribution in [2.75, 3.05) is 31.5 Å². The van der Waals surface area contributed by atoms with Crippen LogP contribution in [0.5, 0.6) is 0 Å². The number of halogens is 1. The Morgan fingerprint density at radius 1 is 1.13 bits per heavy atom. The van der Waals surface area contributed by atoms with Crippen LogP contribution in [0, 0.1) is 5.82 Å². The van der Waals surface area contributed by atoms with E-state index >= 15 is 0 Å². The molecule has 1 amide bonds. The van der Waals surface area contributed by atoms with Crippen molar-refractivity contribution in [3.63, 3.8) is 0 Å². The SMILES string of the molecule is O=C(c1cccc(C2CC2)c1F)N1CCN(Cc2cncc(Nc3cc[nH]n3)n2)CC1. The van der Waals surface area contributed by atoms with E-state index < -0.39 is 0 Å². The van der Waals surface area contributed by atoms with Gasteiger partial charge in [-0.15, -0.1) is 0 Å². The van der Waals surface area contributed by atoms with Crippen LogP contribution in [0.1, 0.15) is 40.4 Å². The number of anilines is 2. The van der Waals surface area contributed by atoms with Gasteiger partial charge in [0.15, 0.2) is 5.82 Å². The van der Waals surface area contributed by atoms with Gasteiger partial charge in [-0.2, -0.15) is 5.10 Å². The molecule has 2 N–H and O–H groups in total. The van der Waals surface area contributed by atoms with Gasteiger partial charge in [0.25, 0.3) is 5.91 Å². The highest BCUT2D eigenvalue weighted by molar-refractivity contribution is 5.94. The predicted molar refractivity (Wildman–Crippen MR) is 113 cm³/mol. The lowest BCUT2D eigenvalue weighted by molar-refractivity contribution is 0.0622. The molecule has 2 aromatic heterocycles. The predicted octanol–water partition coefficient (Wildman–Crippen LogP) is 2.92. The third-order valence-corrected chi connectivity index (χ3v) is 5.76. The first-order valence-electron chi connectivity index (χ1n) is 10.5. The van der Waals surface area contributed by atoms with Crippen LogP contribution in [0.15, 0.2) is 42.9 Å². The van der Waals surface area contributed by atoms with Crippen LogP contribution in [0.3, 0.4) is 0 Å². The Labute approximate surface area is 179 Å². The summed E-state index contributed by atoms with van der Waals surface area (Å²) in [6, 6.07) is 7.01. The van der Waals surface area contributed by atoms with Crippen LogP contribution >= 0.6 is 0 Å². The summed E-state index contributed by atoms with van der Waals surface area (Å²) in [5.74, 6) is 1.03. The number of carbonyl (C=O) groups is 1. The molecule has 2 aliphatic rings. The average molecular weight is 421 g/mol. The van der Waals surface area contributed by atoms with Crippen molar-refractivity contribution in [3.8, 4) is 0 Å². The lowest BCUT2D eigenvalue weighted by Crippen LogP contribution is -2.48. The largest absolute Gasteiger partial charge is 0.336 e.